The lowest BCUT2D eigenvalue weighted by molar-refractivity contribution is -0.161. The number of esters is 4. The number of hydrogen-bond acceptors (Lipinski definition) is 15. The molecule has 0 rings (SSSR count). The average Bonchev–Trinajstić information content (AvgIpc) is 2.76. The Labute approximate surface area is 581 Å². The number of aliphatic hydroxyl groups excluding tert-OH is 1. The predicted octanol–water partition coefficient (Wildman–Crippen LogP) is 22.0. The molecule has 0 aromatic carbocycles. The summed E-state index contributed by atoms with van der Waals surface area (Å²) in [4.78, 5) is 72.8. The second-order valence-electron chi connectivity index (χ2n) is 29.3. The van der Waals surface area contributed by atoms with Gasteiger partial charge in [0.05, 0.1) is 26.4 Å². The van der Waals surface area contributed by atoms with E-state index in [1.165, 1.54) is 180 Å². The standard InChI is InChI=1S/C76H148O17P2/c1-66(2)52-44-36-28-21-16-13-11-9-10-12-14-18-25-33-42-50-58-75(80)92-72(63-87-74(79)57-49-41-35-27-31-39-47-55-69(7)8)65-91-95(84,85)89-61-70(77)60-88-94(82,83)90-64-71(93-76(81)59-51-43-34-26-20-23-30-38-46-54-68(5)6)62-86-73(78)56-48-40-32-24-19-15-17-22-29-37-45-53-67(3)4/h66-72,77H,9-65H2,1-8H3,(H,82,83)(H,84,85)/t70?,71-,72-/m1/s1. The Morgan fingerprint density at radius 3 is 0.653 bits per heavy atom. The van der Waals surface area contributed by atoms with Gasteiger partial charge in [0.25, 0.3) is 0 Å². The minimum atomic E-state index is -4.96. The minimum absolute atomic E-state index is 0.105. The van der Waals surface area contributed by atoms with Crippen LogP contribution in [0, 0.1) is 23.7 Å². The zero-order chi connectivity index (χ0) is 70.3. The van der Waals surface area contributed by atoms with Crippen LogP contribution in [0.25, 0.3) is 0 Å². The van der Waals surface area contributed by atoms with E-state index in [9.17, 15) is 43.2 Å². The van der Waals surface area contributed by atoms with E-state index in [2.05, 4.69) is 55.4 Å². The van der Waals surface area contributed by atoms with Crippen LogP contribution in [0.2, 0.25) is 0 Å². The third-order valence-electron chi connectivity index (χ3n) is 17.6. The first-order valence-corrected chi connectivity index (χ1v) is 42.2. The van der Waals surface area contributed by atoms with Crippen LogP contribution in [0.15, 0.2) is 0 Å². The van der Waals surface area contributed by atoms with Crippen LogP contribution >= 0.6 is 15.6 Å². The molecule has 0 radical (unpaired) electrons. The lowest BCUT2D eigenvalue weighted by atomic mass is 10.0. The predicted molar refractivity (Wildman–Crippen MR) is 386 cm³/mol. The molecule has 0 saturated carbocycles. The van der Waals surface area contributed by atoms with Crippen molar-refractivity contribution in [2.24, 2.45) is 23.7 Å². The minimum Gasteiger partial charge on any atom is -0.462 e. The van der Waals surface area contributed by atoms with E-state index in [4.69, 9.17) is 37.0 Å². The monoisotopic (exact) mass is 1400 g/mol. The van der Waals surface area contributed by atoms with Gasteiger partial charge in [0, 0.05) is 25.7 Å². The number of phosphoric ester groups is 2. The van der Waals surface area contributed by atoms with E-state index < -0.39 is 97.5 Å². The van der Waals surface area contributed by atoms with Gasteiger partial charge >= 0.3 is 39.5 Å². The molecule has 19 heteroatoms. The molecule has 95 heavy (non-hydrogen) atoms. The fourth-order valence-electron chi connectivity index (χ4n) is 11.6. The van der Waals surface area contributed by atoms with Crippen LogP contribution in [0.5, 0.6) is 0 Å². The molecule has 0 heterocycles. The van der Waals surface area contributed by atoms with Crippen molar-refractivity contribution in [3.63, 3.8) is 0 Å². The van der Waals surface area contributed by atoms with E-state index in [0.29, 0.717) is 31.6 Å². The van der Waals surface area contributed by atoms with Crippen LogP contribution in [-0.4, -0.2) is 96.7 Å². The molecule has 0 spiro atoms. The maximum atomic E-state index is 13.1. The van der Waals surface area contributed by atoms with E-state index >= 15 is 0 Å². The van der Waals surface area contributed by atoms with Crippen LogP contribution in [0.4, 0.5) is 0 Å². The van der Waals surface area contributed by atoms with Crippen LogP contribution in [0.3, 0.4) is 0 Å². The number of phosphoric acid groups is 2. The summed E-state index contributed by atoms with van der Waals surface area (Å²) in [7, 11) is -9.91. The Balaban J connectivity index is 5.22. The molecule has 0 fully saturated rings. The van der Waals surface area contributed by atoms with Gasteiger partial charge in [0.2, 0.25) is 0 Å². The topological polar surface area (TPSA) is 237 Å². The van der Waals surface area contributed by atoms with Crippen molar-refractivity contribution in [1.82, 2.24) is 0 Å². The van der Waals surface area contributed by atoms with E-state index in [0.717, 1.165) is 114 Å². The fraction of sp³-hybridized carbons (Fsp3) is 0.947. The van der Waals surface area contributed by atoms with Gasteiger partial charge in [-0.2, -0.15) is 0 Å². The van der Waals surface area contributed by atoms with Gasteiger partial charge in [-0.05, 0) is 49.4 Å². The highest BCUT2D eigenvalue weighted by Crippen LogP contribution is 2.45. The normalized spacial score (nSPS) is 14.1. The summed E-state index contributed by atoms with van der Waals surface area (Å²) in [6.07, 6.45) is 50.1. The molecule has 0 bridgehead atoms. The maximum absolute atomic E-state index is 13.1. The smallest absolute Gasteiger partial charge is 0.462 e. The summed E-state index contributed by atoms with van der Waals surface area (Å²) >= 11 is 0. The number of rotatable bonds is 73. The maximum Gasteiger partial charge on any atom is 0.472 e. The van der Waals surface area contributed by atoms with Crippen LogP contribution in [-0.2, 0) is 65.4 Å². The van der Waals surface area contributed by atoms with Gasteiger partial charge in [-0.1, -0.05) is 331 Å². The summed E-state index contributed by atoms with van der Waals surface area (Å²) in [5, 5.41) is 10.6. The first-order chi connectivity index (χ1) is 45.6. The third-order valence-corrected chi connectivity index (χ3v) is 19.5. The van der Waals surface area contributed by atoms with Crippen molar-refractivity contribution in [1.29, 1.82) is 0 Å². The highest BCUT2D eigenvalue weighted by molar-refractivity contribution is 7.47. The van der Waals surface area contributed by atoms with E-state index in [-0.39, 0.29) is 25.7 Å². The van der Waals surface area contributed by atoms with Crippen molar-refractivity contribution in [2.75, 3.05) is 39.6 Å². The Kier molecular flexibility index (Phi) is 64.0. The number of hydrogen-bond donors (Lipinski definition) is 3. The summed E-state index contributed by atoms with van der Waals surface area (Å²) in [5.74, 6) is 0.900. The van der Waals surface area contributed by atoms with Gasteiger partial charge in [-0.25, -0.2) is 9.13 Å². The number of unbranched alkanes of at least 4 members (excludes halogenated alkanes) is 39. The van der Waals surface area contributed by atoms with Gasteiger partial charge in [0.1, 0.15) is 19.3 Å². The molecule has 0 amide bonds. The van der Waals surface area contributed by atoms with Crippen molar-refractivity contribution < 1.29 is 80.2 Å². The molecule has 0 aromatic heterocycles. The van der Waals surface area contributed by atoms with Crippen molar-refractivity contribution in [3.05, 3.63) is 0 Å². The highest BCUT2D eigenvalue weighted by atomic mass is 31.2. The Morgan fingerprint density at radius 2 is 0.442 bits per heavy atom. The fourth-order valence-corrected chi connectivity index (χ4v) is 13.1. The lowest BCUT2D eigenvalue weighted by Crippen LogP contribution is -2.30. The molecule has 0 aliphatic rings. The first-order valence-electron chi connectivity index (χ1n) is 39.2. The SMILES string of the molecule is CC(C)CCCCCCCCCCCCCCCCCCC(=O)O[C@H](COC(=O)CCCCCCCCCC(C)C)COP(=O)(O)OCC(O)COP(=O)(O)OC[C@@H](COC(=O)CCCCCCCCCCCCCC(C)C)OC(=O)CCCCCCCCCCCC(C)C. The molecular weight excluding hydrogens is 1250 g/mol. The number of carbonyl (C=O) groups excluding carboxylic acids is 4. The molecule has 3 unspecified atom stereocenters. The summed E-state index contributed by atoms with van der Waals surface area (Å²) in [5.41, 5.74) is 0. The molecular formula is C76H148O17P2. The van der Waals surface area contributed by atoms with E-state index in [1.54, 1.807) is 0 Å². The quantitative estimate of drug-likeness (QED) is 0.0222. The van der Waals surface area contributed by atoms with Gasteiger partial charge in [-0.3, -0.25) is 37.3 Å². The zero-order valence-corrected chi connectivity index (χ0v) is 64.1. The van der Waals surface area contributed by atoms with Gasteiger partial charge in [0.15, 0.2) is 12.2 Å². The largest absolute Gasteiger partial charge is 0.472 e. The van der Waals surface area contributed by atoms with Gasteiger partial charge in [-0.15, -0.1) is 0 Å². The molecule has 17 nitrogen and oxygen atoms in total. The molecule has 3 N–H and O–H groups in total. The first kappa shape index (κ1) is 93.1. The molecule has 0 aromatic rings. The number of carbonyl (C=O) groups is 4. The molecule has 5 atom stereocenters. The molecule has 564 valence electrons. The van der Waals surface area contributed by atoms with Crippen molar-refractivity contribution in [2.45, 2.75) is 401 Å². The molecule has 0 aliphatic carbocycles. The molecule has 0 saturated heterocycles. The van der Waals surface area contributed by atoms with Crippen LogP contribution in [0.1, 0.15) is 383 Å². The van der Waals surface area contributed by atoms with Crippen molar-refractivity contribution in [3.8, 4) is 0 Å². The highest BCUT2D eigenvalue weighted by Gasteiger charge is 2.30. The summed E-state index contributed by atoms with van der Waals surface area (Å²) < 4.78 is 68.5. The van der Waals surface area contributed by atoms with Crippen LogP contribution < -0.4 is 0 Å². The number of ether oxygens (including phenoxy) is 4. The summed E-state index contributed by atoms with van der Waals surface area (Å²) in [6, 6.07) is 0. The third kappa shape index (κ3) is 70.3. The van der Waals surface area contributed by atoms with Gasteiger partial charge < -0.3 is 33.8 Å². The second-order valence-corrected chi connectivity index (χ2v) is 32.2. The Hall–Kier alpha value is -1.94. The van der Waals surface area contributed by atoms with Crippen molar-refractivity contribution >= 4 is 39.5 Å². The second kappa shape index (κ2) is 65.4. The van der Waals surface area contributed by atoms with E-state index in [1.807, 2.05) is 0 Å². The Morgan fingerprint density at radius 1 is 0.263 bits per heavy atom. The lowest BCUT2D eigenvalue weighted by Gasteiger charge is -2.21. The Bertz CT molecular complexity index is 1870. The number of aliphatic hydroxyl groups is 1. The average molecular weight is 1400 g/mol. The molecule has 0 aliphatic heterocycles. The zero-order valence-electron chi connectivity index (χ0n) is 62.3. The summed E-state index contributed by atoms with van der Waals surface area (Å²) in [6.45, 7) is 14.2.